The molecule has 0 spiro atoms. The number of carbonyl (C=O) groups excluding carboxylic acids is 2. The molecule has 0 saturated carbocycles. The highest BCUT2D eigenvalue weighted by Gasteiger charge is 2.12. The second-order valence-corrected chi connectivity index (χ2v) is 7.34. The number of aromatic nitrogens is 1. The van der Waals surface area contributed by atoms with Gasteiger partial charge in [0.25, 0.3) is 0 Å². The second-order valence-electron chi connectivity index (χ2n) is 5.54. The summed E-state index contributed by atoms with van der Waals surface area (Å²) < 4.78 is 0. The normalized spacial score (nSPS) is 10.6. The standard InChI is InChI=1S/C19H18N2O2S2/c1-2-13-5-7-14(8-6-13)15-12-25-19(20-15)21-18(23)10-9-16(22)17-4-3-11-24-17/h3-8,11-12H,2,9-10H2,1H3,(H,20,21,23). The monoisotopic (exact) mass is 370 g/mol. The lowest BCUT2D eigenvalue weighted by Crippen LogP contribution is -2.13. The van der Waals surface area contributed by atoms with E-state index < -0.39 is 0 Å². The summed E-state index contributed by atoms with van der Waals surface area (Å²) in [7, 11) is 0. The number of thiazole rings is 1. The summed E-state index contributed by atoms with van der Waals surface area (Å²) >= 11 is 2.79. The zero-order chi connectivity index (χ0) is 17.6. The van der Waals surface area contributed by atoms with Crippen molar-refractivity contribution < 1.29 is 9.59 Å². The Morgan fingerprint density at radius 3 is 2.56 bits per heavy atom. The van der Waals surface area contributed by atoms with Gasteiger partial charge in [-0.2, -0.15) is 0 Å². The lowest BCUT2D eigenvalue weighted by molar-refractivity contribution is -0.116. The average Bonchev–Trinajstić information content (AvgIpc) is 3.32. The summed E-state index contributed by atoms with van der Waals surface area (Å²) in [5, 5.41) is 7.12. The molecule has 6 heteroatoms. The Labute approximate surface area is 154 Å². The van der Waals surface area contributed by atoms with E-state index in [1.807, 2.05) is 29.0 Å². The molecule has 0 radical (unpaired) electrons. The summed E-state index contributed by atoms with van der Waals surface area (Å²) in [5.74, 6) is -0.187. The molecule has 3 rings (SSSR count). The molecule has 0 saturated heterocycles. The van der Waals surface area contributed by atoms with E-state index in [2.05, 4.69) is 29.4 Å². The number of hydrogen-bond donors (Lipinski definition) is 1. The van der Waals surface area contributed by atoms with Crippen LogP contribution in [-0.4, -0.2) is 16.7 Å². The molecule has 128 valence electrons. The van der Waals surface area contributed by atoms with Crippen LogP contribution in [0, 0.1) is 0 Å². The van der Waals surface area contributed by atoms with Gasteiger partial charge in [-0.15, -0.1) is 22.7 Å². The molecule has 1 amide bonds. The maximum absolute atomic E-state index is 12.0. The molecule has 0 atom stereocenters. The van der Waals surface area contributed by atoms with Gasteiger partial charge in [0.15, 0.2) is 10.9 Å². The van der Waals surface area contributed by atoms with Crippen LogP contribution in [0.2, 0.25) is 0 Å². The summed E-state index contributed by atoms with van der Waals surface area (Å²) in [4.78, 5) is 29.1. The van der Waals surface area contributed by atoms with Crippen LogP contribution in [0.15, 0.2) is 47.2 Å². The van der Waals surface area contributed by atoms with Crippen LogP contribution in [-0.2, 0) is 11.2 Å². The first-order valence-electron chi connectivity index (χ1n) is 8.07. The predicted molar refractivity (Wildman–Crippen MR) is 103 cm³/mol. The van der Waals surface area contributed by atoms with Crippen molar-refractivity contribution >= 4 is 39.5 Å². The van der Waals surface area contributed by atoms with E-state index in [1.165, 1.54) is 28.2 Å². The number of aryl methyl sites for hydroxylation is 1. The molecule has 25 heavy (non-hydrogen) atoms. The molecule has 3 aromatic rings. The Kier molecular flexibility index (Phi) is 5.73. The molecule has 0 fully saturated rings. The highest BCUT2D eigenvalue weighted by molar-refractivity contribution is 7.14. The van der Waals surface area contributed by atoms with Crippen molar-refractivity contribution in [2.24, 2.45) is 0 Å². The molecule has 0 aliphatic rings. The van der Waals surface area contributed by atoms with Gasteiger partial charge in [0.2, 0.25) is 5.91 Å². The highest BCUT2D eigenvalue weighted by Crippen LogP contribution is 2.25. The Bertz CT molecular complexity index is 852. The van der Waals surface area contributed by atoms with Crippen LogP contribution < -0.4 is 5.32 Å². The van der Waals surface area contributed by atoms with Crippen molar-refractivity contribution in [1.82, 2.24) is 4.98 Å². The Hall–Kier alpha value is -2.31. The second kappa shape index (κ2) is 8.18. The van der Waals surface area contributed by atoms with Crippen LogP contribution >= 0.6 is 22.7 Å². The fourth-order valence-corrected chi connectivity index (χ4v) is 3.77. The van der Waals surface area contributed by atoms with Gasteiger partial charge in [-0.05, 0) is 23.4 Å². The number of Topliss-reactive ketones (excluding diaryl/α,β-unsaturated/α-hetero) is 1. The number of nitrogens with zero attached hydrogens (tertiary/aromatic N) is 1. The van der Waals surface area contributed by atoms with Crippen molar-refractivity contribution in [3.63, 3.8) is 0 Å². The number of thiophene rings is 1. The van der Waals surface area contributed by atoms with E-state index in [9.17, 15) is 9.59 Å². The van der Waals surface area contributed by atoms with Gasteiger partial charge in [-0.1, -0.05) is 37.3 Å². The Morgan fingerprint density at radius 1 is 1.08 bits per heavy atom. The van der Waals surface area contributed by atoms with Crippen LogP contribution in [0.25, 0.3) is 11.3 Å². The molecule has 1 aromatic carbocycles. The van der Waals surface area contributed by atoms with Gasteiger partial charge in [-0.3, -0.25) is 9.59 Å². The van der Waals surface area contributed by atoms with Crippen LogP contribution in [0.1, 0.15) is 35.0 Å². The van der Waals surface area contributed by atoms with E-state index in [0.717, 1.165) is 17.7 Å². The number of benzene rings is 1. The topological polar surface area (TPSA) is 59.1 Å². The molecule has 0 bridgehead atoms. The summed E-state index contributed by atoms with van der Waals surface area (Å²) in [6.45, 7) is 2.12. The summed E-state index contributed by atoms with van der Waals surface area (Å²) in [6.07, 6.45) is 1.38. The quantitative estimate of drug-likeness (QED) is 0.593. The van der Waals surface area contributed by atoms with Crippen LogP contribution in [0.3, 0.4) is 0 Å². The third-order valence-corrected chi connectivity index (χ3v) is 5.45. The largest absolute Gasteiger partial charge is 0.302 e. The fourth-order valence-electron chi connectivity index (χ4n) is 2.34. The van der Waals surface area contributed by atoms with Crippen molar-refractivity contribution in [3.8, 4) is 11.3 Å². The van der Waals surface area contributed by atoms with Crippen molar-refractivity contribution in [3.05, 3.63) is 57.6 Å². The Morgan fingerprint density at radius 2 is 1.88 bits per heavy atom. The van der Waals surface area contributed by atoms with Gasteiger partial charge in [0, 0.05) is 23.8 Å². The molecule has 0 aliphatic carbocycles. The third-order valence-electron chi connectivity index (χ3n) is 3.78. The molecular weight excluding hydrogens is 352 g/mol. The van der Waals surface area contributed by atoms with Crippen molar-refractivity contribution in [2.45, 2.75) is 26.2 Å². The molecule has 1 N–H and O–H groups in total. The maximum Gasteiger partial charge on any atom is 0.226 e. The first kappa shape index (κ1) is 17.5. The minimum atomic E-state index is -0.188. The van der Waals surface area contributed by atoms with Gasteiger partial charge < -0.3 is 5.32 Å². The van der Waals surface area contributed by atoms with Crippen LogP contribution in [0.4, 0.5) is 5.13 Å². The number of amides is 1. The number of ketones is 1. The Balaban J connectivity index is 1.55. The van der Waals surface area contributed by atoms with Gasteiger partial charge in [0.1, 0.15) is 0 Å². The molecule has 2 heterocycles. The summed E-state index contributed by atoms with van der Waals surface area (Å²) in [5.41, 5.74) is 3.15. The maximum atomic E-state index is 12.0. The third kappa shape index (κ3) is 4.61. The number of rotatable bonds is 7. The molecule has 2 aromatic heterocycles. The fraction of sp³-hybridized carbons (Fsp3) is 0.211. The lowest BCUT2D eigenvalue weighted by atomic mass is 10.1. The number of anilines is 1. The summed E-state index contributed by atoms with van der Waals surface area (Å²) in [6, 6.07) is 11.9. The SMILES string of the molecule is CCc1ccc(-c2csc(NC(=O)CCC(=O)c3cccs3)n2)cc1. The van der Waals surface area contributed by atoms with E-state index in [1.54, 1.807) is 6.07 Å². The molecular formula is C19H18N2O2S2. The van der Waals surface area contributed by atoms with Gasteiger partial charge in [0.05, 0.1) is 10.6 Å². The van der Waals surface area contributed by atoms with Crippen molar-refractivity contribution in [1.29, 1.82) is 0 Å². The van der Waals surface area contributed by atoms with E-state index in [4.69, 9.17) is 0 Å². The first-order valence-corrected chi connectivity index (χ1v) is 9.83. The number of hydrogen-bond acceptors (Lipinski definition) is 5. The smallest absolute Gasteiger partial charge is 0.226 e. The minimum Gasteiger partial charge on any atom is -0.302 e. The number of nitrogens with one attached hydrogen (secondary N) is 1. The van der Waals surface area contributed by atoms with Crippen molar-refractivity contribution in [2.75, 3.05) is 5.32 Å². The minimum absolute atomic E-state index is 0.000918. The van der Waals surface area contributed by atoms with Crippen LogP contribution in [0.5, 0.6) is 0 Å². The number of carbonyl (C=O) groups is 2. The average molecular weight is 370 g/mol. The van der Waals surface area contributed by atoms with E-state index >= 15 is 0 Å². The predicted octanol–water partition coefficient (Wildman–Crippen LogP) is 5.04. The zero-order valence-electron chi connectivity index (χ0n) is 13.8. The molecule has 0 aliphatic heterocycles. The first-order chi connectivity index (χ1) is 12.2. The van der Waals surface area contributed by atoms with E-state index in [-0.39, 0.29) is 24.5 Å². The zero-order valence-corrected chi connectivity index (χ0v) is 15.5. The lowest BCUT2D eigenvalue weighted by Gasteiger charge is -2.01. The molecule has 4 nitrogen and oxygen atoms in total. The highest BCUT2D eigenvalue weighted by atomic mass is 32.1. The van der Waals surface area contributed by atoms with Gasteiger partial charge in [-0.25, -0.2) is 4.98 Å². The molecule has 0 unspecified atom stereocenters. The van der Waals surface area contributed by atoms with E-state index in [0.29, 0.717) is 10.0 Å². The van der Waals surface area contributed by atoms with Gasteiger partial charge >= 0.3 is 0 Å².